The van der Waals surface area contributed by atoms with Crippen molar-refractivity contribution in [1.82, 2.24) is 4.98 Å². The first-order valence-corrected chi connectivity index (χ1v) is 5.67. The lowest BCUT2D eigenvalue weighted by Gasteiger charge is -2.15. The monoisotopic (exact) mass is 290 g/mol. The topological polar surface area (TPSA) is 16.1 Å². The summed E-state index contributed by atoms with van der Waals surface area (Å²) < 4.78 is 63.9. The molecule has 0 saturated carbocycles. The number of fused-ring (bicyclic) bond motifs is 1. The molecule has 0 N–H and O–H groups in total. The van der Waals surface area contributed by atoms with Crippen LogP contribution in [0.15, 0.2) is 24.3 Å². The first-order valence-electron chi connectivity index (χ1n) is 5.67. The summed E-state index contributed by atoms with van der Waals surface area (Å²) in [6.07, 6.45) is -7.75. The van der Waals surface area contributed by atoms with Gasteiger partial charge in [-0.2, -0.15) is 13.2 Å². The van der Waals surface area contributed by atoms with Gasteiger partial charge >= 0.3 is 6.18 Å². The van der Waals surface area contributed by atoms with Gasteiger partial charge in [-0.05, 0) is 24.3 Å². The van der Waals surface area contributed by atoms with Crippen LogP contribution in [0.5, 0.6) is 0 Å². The van der Waals surface area contributed by atoms with Crippen molar-refractivity contribution in [3.05, 3.63) is 35.5 Å². The zero-order valence-corrected chi connectivity index (χ0v) is 10.7. The minimum atomic E-state index is -4.75. The molecule has 1 aromatic heterocycles. The van der Waals surface area contributed by atoms with Gasteiger partial charge in [-0.3, -0.25) is 0 Å². The van der Waals surface area contributed by atoms with Gasteiger partial charge in [0.1, 0.15) is 5.69 Å². The van der Waals surface area contributed by atoms with Crippen molar-refractivity contribution < 1.29 is 22.0 Å². The van der Waals surface area contributed by atoms with E-state index in [1.54, 1.807) is 19.0 Å². The van der Waals surface area contributed by atoms with E-state index in [0.717, 1.165) is 0 Å². The maximum atomic E-state index is 13.0. The SMILES string of the molecule is CN(C)c1ccc2nc(C(F)(F)F)cc(C(F)F)c2c1. The predicted molar refractivity (Wildman–Crippen MR) is 66.0 cm³/mol. The van der Waals surface area contributed by atoms with E-state index in [0.29, 0.717) is 11.8 Å². The second-order valence-electron chi connectivity index (χ2n) is 4.49. The normalized spacial score (nSPS) is 12.2. The Hall–Kier alpha value is -1.92. The Kier molecular flexibility index (Phi) is 3.54. The Labute approximate surface area is 111 Å². The molecule has 1 heterocycles. The van der Waals surface area contributed by atoms with E-state index in [1.807, 2.05) is 0 Å². The minimum absolute atomic E-state index is 0.0270. The van der Waals surface area contributed by atoms with Gasteiger partial charge in [0.05, 0.1) is 5.52 Å². The predicted octanol–water partition coefficient (Wildman–Crippen LogP) is 4.26. The number of halogens is 5. The molecule has 0 aliphatic heterocycles. The molecule has 0 fully saturated rings. The number of hydrogen-bond acceptors (Lipinski definition) is 2. The lowest BCUT2D eigenvalue weighted by atomic mass is 10.1. The van der Waals surface area contributed by atoms with Crippen LogP contribution in [0.2, 0.25) is 0 Å². The van der Waals surface area contributed by atoms with Gasteiger partial charge < -0.3 is 4.90 Å². The lowest BCUT2D eigenvalue weighted by molar-refractivity contribution is -0.141. The van der Waals surface area contributed by atoms with Crippen molar-refractivity contribution in [1.29, 1.82) is 0 Å². The van der Waals surface area contributed by atoms with Crippen LogP contribution in [0.4, 0.5) is 27.6 Å². The molecule has 0 saturated heterocycles. The number of hydrogen-bond donors (Lipinski definition) is 0. The number of rotatable bonds is 2. The minimum Gasteiger partial charge on any atom is -0.378 e. The Morgan fingerprint density at radius 1 is 1.10 bits per heavy atom. The van der Waals surface area contributed by atoms with Crippen molar-refractivity contribution in [3.63, 3.8) is 0 Å². The van der Waals surface area contributed by atoms with Gasteiger partial charge in [0.2, 0.25) is 0 Å². The molecule has 0 spiro atoms. The number of aromatic nitrogens is 1. The number of pyridine rings is 1. The second kappa shape index (κ2) is 4.88. The van der Waals surface area contributed by atoms with E-state index in [9.17, 15) is 22.0 Å². The Bertz CT molecular complexity index is 634. The van der Waals surface area contributed by atoms with Crippen LogP contribution in [-0.2, 0) is 6.18 Å². The average molecular weight is 290 g/mol. The Morgan fingerprint density at radius 2 is 1.75 bits per heavy atom. The summed E-state index contributed by atoms with van der Waals surface area (Å²) in [5, 5.41) is 0.0270. The summed E-state index contributed by atoms with van der Waals surface area (Å²) in [6, 6.07) is 4.66. The molecule has 2 aromatic rings. The fourth-order valence-corrected chi connectivity index (χ4v) is 1.84. The molecule has 0 atom stereocenters. The lowest BCUT2D eigenvalue weighted by Crippen LogP contribution is -2.11. The summed E-state index contributed by atoms with van der Waals surface area (Å²) >= 11 is 0. The van der Waals surface area contributed by atoms with E-state index >= 15 is 0 Å². The zero-order valence-electron chi connectivity index (χ0n) is 10.7. The van der Waals surface area contributed by atoms with E-state index in [1.165, 1.54) is 18.2 Å². The van der Waals surface area contributed by atoms with Gasteiger partial charge in [-0.25, -0.2) is 13.8 Å². The molecule has 0 amide bonds. The molecule has 0 radical (unpaired) electrons. The first kappa shape index (κ1) is 14.5. The quantitative estimate of drug-likeness (QED) is 0.768. The number of anilines is 1. The Morgan fingerprint density at radius 3 is 2.25 bits per heavy atom. The van der Waals surface area contributed by atoms with Crippen LogP contribution >= 0.6 is 0 Å². The molecule has 20 heavy (non-hydrogen) atoms. The van der Waals surface area contributed by atoms with Gasteiger partial charge in [0.25, 0.3) is 6.43 Å². The van der Waals surface area contributed by atoms with Crippen molar-refractivity contribution in [2.75, 3.05) is 19.0 Å². The maximum absolute atomic E-state index is 13.0. The first-order chi connectivity index (χ1) is 9.20. The van der Waals surface area contributed by atoms with Crippen LogP contribution in [-0.4, -0.2) is 19.1 Å². The van der Waals surface area contributed by atoms with Gasteiger partial charge in [0, 0.05) is 30.7 Å². The van der Waals surface area contributed by atoms with Crippen molar-refractivity contribution in [3.8, 4) is 0 Å². The number of nitrogens with zero attached hydrogens (tertiary/aromatic N) is 2. The van der Waals surface area contributed by atoms with Gasteiger partial charge in [-0.15, -0.1) is 0 Å². The Balaban J connectivity index is 2.75. The second-order valence-corrected chi connectivity index (χ2v) is 4.49. The smallest absolute Gasteiger partial charge is 0.378 e. The van der Waals surface area contributed by atoms with Gasteiger partial charge in [-0.1, -0.05) is 0 Å². The highest BCUT2D eigenvalue weighted by molar-refractivity contribution is 5.86. The van der Waals surface area contributed by atoms with Crippen molar-refractivity contribution >= 4 is 16.6 Å². The molecule has 0 aliphatic rings. The molecule has 1 aromatic carbocycles. The fraction of sp³-hybridized carbons (Fsp3) is 0.308. The molecule has 0 unspecified atom stereocenters. The third kappa shape index (κ3) is 2.66. The van der Waals surface area contributed by atoms with Crippen LogP contribution in [0.25, 0.3) is 10.9 Å². The molecular weight excluding hydrogens is 279 g/mol. The molecule has 7 heteroatoms. The zero-order chi connectivity index (χ0) is 15.1. The van der Waals surface area contributed by atoms with E-state index in [2.05, 4.69) is 4.98 Å². The highest BCUT2D eigenvalue weighted by Crippen LogP contribution is 2.35. The third-order valence-corrected chi connectivity index (χ3v) is 2.87. The van der Waals surface area contributed by atoms with E-state index < -0.39 is 23.9 Å². The number of benzene rings is 1. The van der Waals surface area contributed by atoms with Gasteiger partial charge in [0.15, 0.2) is 0 Å². The third-order valence-electron chi connectivity index (χ3n) is 2.87. The van der Waals surface area contributed by atoms with Crippen LogP contribution in [0.3, 0.4) is 0 Å². The highest BCUT2D eigenvalue weighted by atomic mass is 19.4. The summed E-state index contributed by atoms with van der Waals surface area (Å²) in [5.41, 5.74) is -1.45. The molecule has 0 bridgehead atoms. The summed E-state index contributed by atoms with van der Waals surface area (Å²) in [6.45, 7) is 0. The van der Waals surface area contributed by atoms with Crippen LogP contribution in [0, 0.1) is 0 Å². The summed E-state index contributed by atoms with van der Waals surface area (Å²) in [7, 11) is 3.42. The average Bonchev–Trinajstić information content (AvgIpc) is 2.35. The standard InChI is InChI=1S/C13H11F5N2/c1-20(2)7-3-4-10-8(5-7)9(12(14)15)6-11(19-10)13(16,17)18/h3-6,12H,1-2H3. The molecular formula is C13H11F5N2. The molecule has 2 nitrogen and oxygen atoms in total. The number of alkyl halides is 5. The van der Waals surface area contributed by atoms with E-state index in [4.69, 9.17) is 0 Å². The largest absolute Gasteiger partial charge is 0.433 e. The molecule has 0 aliphatic carbocycles. The van der Waals surface area contributed by atoms with Crippen LogP contribution in [0.1, 0.15) is 17.7 Å². The molecule has 108 valence electrons. The van der Waals surface area contributed by atoms with Crippen molar-refractivity contribution in [2.45, 2.75) is 12.6 Å². The van der Waals surface area contributed by atoms with E-state index in [-0.39, 0.29) is 10.9 Å². The van der Waals surface area contributed by atoms with Crippen LogP contribution < -0.4 is 4.90 Å². The maximum Gasteiger partial charge on any atom is 0.433 e. The summed E-state index contributed by atoms with van der Waals surface area (Å²) in [4.78, 5) is 5.09. The van der Waals surface area contributed by atoms with Crippen molar-refractivity contribution in [2.24, 2.45) is 0 Å². The fourth-order valence-electron chi connectivity index (χ4n) is 1.84. The molecule has 2 rings (SSSR count). The highest BCUT2D eigenvalue weighted by Gasteiger charge is 2.34. The summed E-state index contributed by atoms with van der Waals surface area (Å²) in [5.74, 6) is 0.